The fourth-order valence-electron chi connectivity index (χ4n) is 3.06. The van der Waals surface area contributed by atoms with Crippen molar-refractivity contribution in [3.8, 4) is 0 Å². The Hall–Kier alpha value is -1.84. The number of nitrogens with two attached hydrogens (primary N) is 1. The van der Waals surface area contributed by atoms with Gasteiger partial charge in [-0.25, -0.2) is 0 Å². The molecule has 2 aliphatic rings. The summed E-state index contributed by atoms with van der Waals surface area (Å²) in [6.45, 7) is 2.03. The van der Waals surface area contributed by atoms with Gasteiger partial charge >= 0.3 is 0 Å². The molecule has 0 spiro atoms. The molecule has 0 radical (unpaired) electrons. The van der Waals surface area contributed by atoms with Crippen LogP contribution in [0.25, 0.3) is 0 Å². The summed E-state index contributed by atoms with van der Waals surface area (Å²) in [5, 5.41) is 0. The lowest BCUT2D eigenvalue weighted by Gasteiger charge is -2.47. The van der Waals surface area contributed by atoms with E-state index in [1.54, 1.807) is 18.2 Å². The van der Waals surface area contributed by atoms with Crippen LogP contribution >= 0.6 is 0 Å². The maximum absolute atomic E-state index is 12.5. The number of rotatable bonds is 2. The second-order valence-electron chi connectivity index (χ2n) is 5.15. The van der Waals surface area contributed by atoms with Gasteiger partial charge in [-0.15, -0.1) is 0 Å². The Kier molecular flexibility index (Phi) is 2.24. The topological polar surface area (TPSA) is 63.4 Å². The number of anilines is 1. The van der Waals surface area contributed by atoms with Crippen molar-refractivity contribution in [2.75, 3.05) is 5.73 Å². The number of carbonyl (C=O) groups is 2. The molecule has 94 valence electrons. The van der Waals surface area contributed by atoms with Crippen molar-refractivity contribution in [2.45, 2.75) is 38.1 Å². The second-order valence-corrected chi connectivity index (χ2v) is 5.15. The van der Waals surface area contributed by atoms with Crippen LogP contribution in [0.3, 0.4) is 0 Å². The number of imide groups is 1. The third kappa shape index (κ3) is 1.20. The average molecular weight is 244 g/mol. The van der Waals surface area contributed by atoms with Crippen molar-refractivity contribution in [3.63, 3.8) is 0 Å². The first kappa shape index (κ1) is 11.3. The van der Waals surface area contributed by atoms with Gasteiger partial charge in [0.1, 0.15) is 0 Å². The molecule has 1 aliphatic carbocycles. The van der Waals surface area contributed by atoms with E-state index in [1.165, 1.54) is 4.90 Å². The van der Waals surface area contributed by atoms with E-state index < -0.39 is 0 Å². The molecule has 0 atom stereocenters. The van der Waals surface area contributed by atoms with E-state index in [4.69, 9.17) is 5.73 Å². The number of hydrogen-bond acceptors (Lipinski definition) is 3. The second kappa shape index (κ2) is 3.57. The van der Waals surface area contributed by atoms with Crippen molar-refractivity contribution < 1.29 is 9.59 Å². The lowest BCUT2D eigenvalue weighted by atomic mass is 9.73. The van der Waals surface area contributed by atoms with Crippen molar-refractivity contribution in [2.24, 2.45) is 0 Å². The molecule has 18 heavy (non-hydrogen) atoms. The van der Waals surface area contributed by atoms with E-state index in [1.807, 2.05) is 6.92 Å². The minimum atomic E-state index is -0.264. The monoisotopic (exact) mass is 244 g/mol. The Morgan fingerprint density at radius 2 is 2.00 bits per heavy atom. The molecule has 1 saturated carbocycles. The molecule has 0 bridgehead atoms. The Balaban J connectivity index is 2.10. The molecule has 4 heteroatoms. The van der Waals surface area contributed by atoms with Crippen LogP contribution in [0, 0.1) is 0 Å². The van der Waals surface area contributed by atoms with Gasteiger partial charge in [0.05, 0.1) is 16.7 Å². The zero-order valence-electron chi connectivity index (χ0n) is 10.4. The van der Waals surface area contributed by atoms with Gasteiger partial charge in [0.2, 0.25) is 0 Å². The quantitative estimate of drug-likeness (QED) is 0.640. The van der Waals surface area contributed by atoms with E-state index in [9.17, 15) is 9.59 Å². The van der Waals surface area contributed by atoms with Crippen LogP contribution in [0.5, 0.6) is 0 Å². The number of nitrogen functional groups attached to an aromatic ring is 1. The molecule has 2 amide bonds. The fourth-order valence-corrected chi connectivity index (χ4v) is 3.06. The predicted molar refractivity (Wildman–Crippen MR) is 68.2 cm³/mol. The lowest BCUT2D eigenvalue weighted by Crippen LogP contribution is -2.55. The van der Waals surface area contributed by atoms with Gasteiger partial charge in [-0.3, -0.25) is 14.5 Å². The van der Waals surface area contributed by atoms with Crippen molar-refractivity contribution in [1.29, 1.82) is 0 Å². The Bertz CT molecular complexity index is 541. The molecule has 0 aromatic heterocycles. The lowest BCUT2D eigenvalue weighted by molar-refractivity contribution is 0.0182. The Morgan fingerprint density at radius 3 is 2.50 bits per heavy atom. The summed E-state index contributed by atoms with van der Waals surface area (Å²) in [6.07, 6.45) is 3.72. The van der Waals surface area contributed by atoms with Crippen molar-refractivity contribution in [1.82, 2.24) is 4.90 Å². The summed E-state index contributed by atoms with van der Waals surface area (Å²) in [4.78, 5) is 26.3. The van der Waals surface area contributed by atoms with Gasteiger partial charge < -0.3 is 5.73 Å². The highest BCUT2D eigenvalue weighted by molar-refractivity contribution is 6.24. The maximum atomic E-state index is 12.5. The summed E-state index contributed by atoms with van der Waals surface area (Å²) >= 11 is 0. The Labute approximate surface area is 106 Å². The SMILES string of the molecule is CCC1(N2C(=O)c3cccc(N)c3C2=O)CCC1. The minimum Gasteiger partial charge on any atom is -0.398 e. The van der Waals surface area contributed by atoms with Crippen molar-refractivity contribution in [3.05, 3.63) is 29.3 Å². The van der Waals surface area contributed by atoms with E-state index in [0.717, 1.165) is 25.7 Å². The summed E-state index contributed by atoms with van der Waals surface area (Å²) in [7, 11) is 0. The number of benzene rings is 1. The largest absolute Gasteiger partial charge is 0.398 e. The molecule has 1 heterocycles. The minimum absolute atomic E-state index is 0.177. The van der Waals surface area contributed by atoms with Gasteiger partial charge in [-0.1, -0.05) is 13.0 Å². The molecule has 4 nitrogen and oxygen atoms in total. The van der Waals surface area contributed by atoms with Gasteiger partial charge in [0.25, 0.3) is 11.8 Å². The fraction of sp³-hybridized carbons (Fsp3) is 0.429. The Morgan fingerprint density at radius 1 is 1.28 bits per heavy atom. The van der Waals surface area contributed by atoms with Gasteiger partial charge in [0.15, 0.2) is 0 Å². The number of carbonyl (C=O) groups excluding carboxylic acids is 2. The van der Waals surface area contributed by atoms with Crippen molar-refractivity contribution >= 4 is 17.5 Å². The van der Waals surface area contributed by atoms with Gasteiger partial charge in [-0.05, 0) is 37.8 Å². The molecule has 2 N–H and O–H groups in total. The molecule has 3 rings (SSSR count). The number of nitrogens with zero attached hydrogens (tertiary/aromatic N) is 1. The molecule has 1 aliphatic heterocycles. The first-order valence-electron chi connectivity index (χ1n) is 6.38. The maximum Gasteiger partial charge on any atom is 0.264 e. The standard InChI is InChI=1S/C14H16N2O2/c1-2-14(7-4-8-14)16-12(17)9-5-3-6-10(15)11(9)13(16)18/h3,5-6H,2,4,7-8,15H2,1H3. The molecule has 1 aromatic carbocycles. The van der Waals surface area contributed by atoms with E-state index in [0.29, 0.717) is 16.8 Å². The zero-order chi connectivity index (χ0) is 12.9. The number of amides is 2. The smallest absolute Gasteiger partial charge is 0.264 e. The normalized spacial score (nSPS) is 20.8. The third-order valence-corrected chi connectivity index (χ3v) is 4.36. The highest BCUT2D eigenvalue weighted by atomic mass is 16.2. The molecule has 1 fully saturated rings. The van der Waals surface area contributed by atoms with Crippen LogP contribution < -0.4 is 5.73 Å². The molecule has 0 saturated heterocycles. The van der Waals surface area contributed by atoms with Crippen LogP contribution in [0.15, 0.2) is 18.2 Å². The van der Waals surface area contributed by atoms with E-state index in [2.05, 4.69) is 0 Å². The highest BCUT2D eigenvalue weighted by Crippen LogP contribution is 2.45. The summed E-state index contributed by atoms with van der Waals surface area (Å²) in [6, 6.07) is 5.09. The van der Waals surface area contributed by atoms with E-state index in [-0.39, 0.29) is 17.4 Å². The highest BCUT2D eigenvalue weighted by Gasteiger charge is 2.51. The predicted octanol–water partition coefficient (Wildman–Crippen LogP) is 2.20. The van der Waals surface area contributed by atoms with Gasteiger partial charge in [0, 0.05) is 5.69 Å². The molecular formula is C14H16N2O2. The molecular weight excluding hydrogens is 228 g/mol. The van der Waals surface area contributed by atoms with Crippen LogP contribution in [0.2, 0.25) is 0 Å². The summed E-state index contributed by atoms with van der Waals surface area (Å²) in [5.74, 6) is -0.390. The van der Waals surface area contributed by atoms with Crippen LogP contribution in [0.4, 0.5) is 5.69 Å². The molecule has 1 aromatic rings. The zero-order valence-corrected chi connectivity index (χ0v) is 10.4. The summed E-state index contributed by atoms with van der Waals surface area (Å²) < 4.78 is 0. The van der Waals surface area contributed by atoms with Crippen LogP contribution in [-0.4, -0.2) is 22.3 Å². The number of fused-ring (bicyclic) bond motifs is 1. The van der Waals surface area contributed by atoms with Crippen LogP contribution in [0.1, 0.15) is 53.3 Å². The van der Waals surface area contributed by atoms with E-state index >= 15 is 0 Å². The third-order valence-electron chi connectivity index (χ3n) is 4.36. The summed E-state index contributed by atoms with van der Waals surface area (Å²) in [5.41, 5.74) is 6.82. The first-order chi connectivity index (χ1) is 8.60. The molecule has 0 unspecified atom stereocenters. The number of hydrogen-bond donors (Lipinski definition) is 1. The van der Waals surface area contributed by atoms with Crippen LogP contribution in [-0.2, 0) is 0 Å². The van der Waals surface area contributed by atoms with Gasteiger partial charge in [-0.2, -0.15) is 0 Å². The first-order valence-corrected chi connectivity index (χ1v) is 6.38. The average Bonchev–Trinajstić information content (AvgIpc) is 2.55.